The van der Waals surface area contributed by atoms with Crippen molar-refractivity contribution in [3.05, 3.63) is 22.4 Å². The predicted octanol–water partition coefficient (Wildman–Crippen LogP) is 0.968. The van der Waals surface area contributed by atoms with Crippen LogP contribution < -0.4 is 5.32 Å². The predicted molar refractivity (Wildman–Crippen MR) is 59.7 cm³/mol. The first-order valence-electron chi connectivity index (χ1n) is 4.68. The van der Waals surface area contributed by atoms with E-state index in [1.165, 1.54) is 18.4 Å². The summed E-state index contributed by atoms with van der Waals surface area (Å²) in [6, 6.07) is 1.71. The average Bonchev–Trinajstić information content (AvgIpc) is 2.76. The molecule has 0 aliphatic carbocycles. The van der Waals surface area contributed by atoms with Gasteiger partial charge in [-0.3, -0.25) is 9.59 Å². The third kappa shape index (κ3) is 4.00. The molecule has 6 heteroatoms. The Balaban J connectivity index is 2.38. The molecule has 0 aromatic carbocycles. The quantitative estimate of drug-likeness (QED) is 0.780. The highest BCUT2D eigenvalue weighted by Crippen LogP contribution is 2.05. The fourth-order valence-corrected chi connectivity index (χ4v) is 1.77. The fraction of sp³-hybridized carbons (Fsp3) is 0.400. The summed E-state index contributed by atoms with van der Waals surface area (Å²) in [5.41, 5.74) is 0.579. The number of amides is 1. The maximum Gasteiger partial charge on any atom is 0.306 e. The van der Waals surface area contributed by atoms with Gasteiger partial charge < -0.3 is 15.2 Å². The van der Waals surface area contributed by atoms with Crippen LogP contribution in [-0.2, 0) is 9.53 Å². The lowest BCUT2D eigenvalue weighted by atomic mass is 10.2. The van der Waals surface area contributed by atoms with Crippen molar-refractivity contribution in [1.29, 1.82) is 0 Å². The number of hydrogen-bond acceptors (Lipinski definition) is 4. The van der Waals surface area contributed by atoms with Crippen molar-refractivity contribution in [2.24, 2.45) is 0 Å². The second-order valence-electron chi connectivity index (χ2n) is 3.18. The highest BCUT2D eigenvalue weighted by atomic mass is 32.1. The SMILES string of the molecule is COC(CNC(=O)c1ccsc1)CC(=O)O. The van der Waals surface area contributed by atoms with E-state index >= 15 is 0 Å². The van der Waals surface area contributed by atoms with Crippen LogP contribution in [0.5, 0.6) is 0 Å². The number of carboxylic acids is 1. The molecule has 1 unspecified atom stereocenters. The molecule has 1 aromatic heterocycles. The van der Waals surface area contributed by atoms with E-state index in [1.54, 1.807) is 16.8 Å². The lowest BCUT2D eigenvalue weighted by Gasteiger charge is -2.13. The Morgan fingerprint density at radius 1 is 1.62 bits per heavy atom. The van der Waals surface area contributed by atoms with E-state index in [0.717, 1.165) is 0 Å². The standard InChI is InChI=1S/C10H13NO4S/c1-15-8(4-9(12)13)5-11-10(14)7-2-3-16-6-7/h2-3,6,8H,4-5H2,1H3,(H,11,14)(H,12,13). The van der Waals surface area contributed by atoms with E-state index in [0.29, 0.717) is 5.56 Å². The summed E-state index contributed by atoms with van der Waals surface area (Å²) in [6.45, 7) is 0.192. The number of carbonyl (C=O) groups is 2. The molecule has 2 N–H and O–H groups in total. The molecule has 1 aromatic rings. The summed E-state index contributed by atoms with van der Waals surface area (Å²) >= 11 is 1.43. The summed E-state index contributed by atoms with van der Waals surface area (Å²) in [5, 5.41) is 14.7. The normalized spacial score (nSPS) is 12.1. The van der Waals surface area contributed by atoms with Gasteiger partial charge >= 0.3 is 5.97 Å². The average molecular weight is 243 g/mol. The number of aliphatic carboxylic acids is 1. The number of ether oxygens (including phenoxy) is 1. The van der Waals surface area contributed by atoms with Crippen molar-refractivity contribution < 1.29 is 19.4 Å². The van der Waals surface area contributed by atoms with Gasteiger partial charge in [0.05, 0.1) is 12.5 Å². The van der Waals surface area contributed by atoms with Crippen molar-refractivity contribution in [3.8, 4) is 0 Å². The molecule has 1 amide bonds. The lowest BCUT2D eigenvalue weighted by molar-refractivity contribution is -0.139. The summed E-state index contributed by atoms with van der Waals surface area (Å²) in [7, 11) is 1.42. The first-order valence-corrected chi connectivity index (χ1v) is 5.62. The van der Waals surface area contributed by atoms with Gasteiger partial charge in [-0.2, -0.15) is 11.3 Å². The smallest absolute Gasteiger partial charge is 0.306 e. The van der Waals surface area contributed by atoms with Crippen molar-refractivity contribution in [1.82, 2.24) is 5.32 Å². The van der Waals surface area contributed by atoms with E-state index in [4.69, 9.17) is 9.84 Å². The minimum Gasteiger partial charge on any atom is -0.481 e. The Hall–Kier alpha value is -1.40. The molecule has 1 rings (SSSR count). The number of carbonyl (C=O) groups excluding carboxylic acids is 1. The van der Waals surface area contributed by atoms with Crippen LogP contribution in [0.2, 0.25) is 0 Å². The number of nitrogens with one attached hydrogen (secondary N) is 1. The van der Waals surface area contributed by atoms with E-state index in [-0.39, 0.29) is 18.9 Å². The molecule has 0 saturated heterocycles. The molecule has 0 aliphatic heterocycles. The highest BCUT2D eigenvalue weighted by molar-refractivity contribution is 7.08. The number of rotatable bonds is 6. The number of methoxy groups -OCH3 is 1. The molecule has 5 nitrogen and oxygen atoms in total. The largest absolute Gasteiger partial charge is 0.481 e. The van der Waals surface area contributed by atoms with Crippen LogP contribution >= 0.6 is 11.3 Å². The molecular formula is C10H13NO4S. The minimum atomic E-state index is -0.948. The van der Waals surface area contributed by atoms with Crippen molar-refractivity contribution >= 4 is 23.2 Å². The van der Waals surface area contributed by atoms with E-state index in [9.17, 15) is 9.59 Å². The number of hydrogen-bond donors (Lipinski definition) is 2. The van der Waals surface area contributed by atoms with E-state index < -0.39 is 12.1 Å². The van der Waals surface area contributed by atoms with Crippen molar-refractivity contribution in [3.63, 3.8) is 0 Å². The van der Waals surface area contributed by atoms with Crippen LogP contribution in [0, 0.1) is 0 Å². The van der Waals surface area contributed by atoms with Gasteiger partial charge in [-0.25, -0.2) is 0 Å². The Kier molecular flexibility index (Phi) is 4.94. The van der Waals surface area contributed by atoms with Gasteiger partial charge in [-0.05, 0) is 11.4 Å². The van der Waals surface area contributed by atoms with Crippen LogP contribution in [0.1, 0.15) is 16.8 Å². The summed E-state index contributed by atoms with van der Waals surface area (Å²) < 4.78 is 4.94. The molecule has 0 aliphatic rings. The Morgan fingerprint density at radius 3 is 2.88 bits per heavy atom. The Morgan fingerprint density at radius 2 is 2.38 bits per heavy atom. The van der Waals surface area contributed by atoms with Crippen LogP contribution in [0.15, 0.2) is 16.8 Å². The van der Waals surface area contributed by atoms with Crippen molar-refractivity contribution in [2.75, 3.05) is 13.7 Å². The van der Waals surface area contributed by atoms with Crippen molar-refractivity contribution in [2.45, 2.75) is 12.5 Å². The van der Waals surface area contributed by atoms with Gasteiger partial charge in [0.1, 0.15) is 0 Å². The van der Waals surface area contributed by atoms with Crippen LogP contribution in [0.25, 0.3) is 0 Å². The lowest BCUT2D eigenvalue weighted by Crippen LogP contribution is -2.34. The molecule has 0 fully saturated rings. The molecule has 1 atom stereocenters. The van der Waals surface area contributed by atoms with Gasteiger partial charge in [0.15, 0.2) is 0 Å². The first kappa shape index (κ1) is 12.7. The fourth-order valence-electron chi connectivity index (χ4n) is 1.14. The van der Waals surface area contributed by atoms with Crippen LogP contribution in [0.4, 0.5) is 0 Å². The second-order valence-corrected chi connectivity index (χ2v) is 3.96. The zero-order chi connectivity index (χ0) is 12.0. The van der Waals surface area contributed by atoms with Crippen LogP contribution in [0.3, 0.4) is 0 Å². The van der Waals surface area contributed by atoms with Gasteiger partial charge in [0.2, 0.25) is 0 Å². The molecule has 0 bridgehead atoms. The summed E-state index contributed by atoms with van der Waals surface area (Å²) in [5.74, 6) is -1.16. The number of carboxylic acid groups (broad SMARTS) is 1. The topological polar surface area (TPSA) is 75.6 Å². The Bertz CT molecular complexity index is 350. The molecular weight excluding hydrogens is 230 g/mol. The summed E-state index contributed by atoms with van der Waals surface area (Å²) in [6.07, 6.45) is -0.625. The number of thiophene rings is 1. The monoisotopic (exact) mass is 243 g/mol. The van der Waals surface area contributed by atoms with Gasteiger partial charge in [-0.1, -0.05) is 0 Å². The molecule has 88 valence electrons. The molecule has 1 heterocycles. The Labute approximate surface area is 97.0 Å². The van der Waals surface area contributed by atoms with Crippen LogP contribution in [-0.4, -0.2) is 36.7 Å². The summed E-state index contributed by atoms with van der Waals surface area (Å²) in [4.78, 5) is 22.0. The second kappa shape index (κ2) is 6.24. The van der Waals surface area contributed by atoms with E-state index in [2.05, 4.69) is 5.32 Å². The first-order chi connectivity index (χ1) is 7.63. The molecule has 0 radical (unpaired) electrons. The van der Waals surface area contributed by atoms with Gasteiger partial charge in [0, 0.05) is 24.6 Å². The zero-order valence-electron chi connectivity index (χ0n) is 8.80. The molecule has 0 spiro atoms. The minimum absolute atomic E-state index is 0.125. The van der Waals surface area contributed by atoms with Gasteiger partial charge in [-0.15, -0.1) is 0 Å². The molecule has 16 heavy (non-hydrogen) atoms. The highest BCUT2D eigenvalue weighted by Gasteiger charge is 2.14. The maximum atomic E-state index is 11.5. The maximum absolute atomic E-state index is 11.5. The van der Waals surface area contributed by atoms with Gasteiger partial charge in [0.25, 0.3) is 5.91 Å². The third-order valence-corrected chi connectivity index (χ3v) is 2.69. The third-order valence-electron chi connectivity index (χ3n) is 2.01. The zero-order valence-corrected chi connectivity index (χ0v) is 9.62. The van der Waals surface area contributed by atoms with E-state index in [1.807, 2.05) is 0 Å². The molecule has 0 saturated carbocycles.